The molecule has 1 aromatic heterocycles. The number of aromatic nitrogens is 1. The Morgan fingerprint density at radius 3 is 2.47 bits per heavy atom. The number of nitrogens with one attached hydrogen (secondary N) is 1. The van der Waals surface area contributed by atoms with Gasteiger partial charge in [-0.2, -0.15) is 0 Å². The van der Waals surface area contributed by atoms with Crippen LogP contribution < -0.4 is 5.32 Å². The van der Waals surface area contributed by atoms with Gasteiger partial charge in [-0.1, -0.05) is 23.5 Å². The van der Waals surface area contributed by atoms with E-state index in [1.165, 1.54) is 16.2 Å². The molecule has 0 aliphatic carbocycles. The van der Waals surface area contributed by atoms with Crippen LogP contribution in [0.1, 0.15) is 34.3 Å². The summed E-state index contributed by atoms with van der Waals surface area (Å²) in [6, 6.07) is 6.98. The number of hydrogen-bond donors (Lipinski definition) is 1. The molecule has 2 heterocycles. The highest BCUT2D eigenvalue weighted by molar-refractivity contribution is 7.22. The SMILES string of the molecule is Cc1ccc(C)c2sc(NC(=O)C3CCN(C(=O)c4ccc(F)cc4F)CC3)nc12. The van der Waals surface area contributed by atoms with Crippen molar-refractivity contribution in [1.82, 2.24) is 9.88 Å². The third kappa shape index (κ3) is 3.92. The van der Waals surface area contributed by atoms with E-state index >= 15 is 0 Å². The number of fused-ring (bicyclic) bond motifs is 1. The molecular formula is C22H21F2N3O2S. The second kappa shape index (κ2) is 8.10. The first kappa shape index (κ1) is 20.4. The molecule has 1 saturated heterocycles. The highest BCUT2D eigenvalue weighted by atomic mass is 32.1. The molecule has 5 nitrogen and oxygen atoms in total. The van der Waals surface area contributed by atoms with Gasteiger partial charge in [0.25, 0.3) is 5.91 Å². The number of rotatable bonds is 3. The number of carbonyl (C=O) groups excluding carboxylic acids is 2. The van der Waals surface area contributed by atoms with Crippen molar-refractivity contribution < 1.29 is 18.4 Å². The number of carbonyl (C=O) groups is 2. The van der Waals surface area contributed by atoms with Crippen LogP contribution in [0.4, 0.5) is 13.9 Å². The van der Waals surface area contributed by atoms with Gasteiger partial charge in [-0.15, -0.1) is 0 Å². The van der Waals surface area contributed by atoms with Gasteiger partial charge in [0.15, 0.2) is 5.13 Å². The average Bonchev–Trinajstić information content (AvgIpc) is 3.15. The summed E-state index contributed by atoms with van der Waals surface area (Å²) in [5.41, 5.74) is 2.93. The molecule has 0 spiro atoms. The standard InChI is InChI=1S/C22H21F2N3O2S/c1-12-3-4-13(2)19-18(12)25-22(30-19)26-20(28)14-7-9-27(10-8-14)21(29)16-6-5-15(23)11-17(16)24/h3-6,11,14H,7-10H2,1-2H3,(H,25,26,28). The first-order valence-electron chi connectivity index (χ1n) is 9.75. The Kier molecular flexibility index (Phi) is 5.51. The topological polar surface area (TPSA) is 62.3 Å². The lowest BCUT2D eigenvalue weighted by Gasteiger charge is -2.31. The third-order valence-electron chi connectivity index (χ3n) is 5.49. The van der Waals surface area contributed by atoms with Gasteiger partial charge in [-0.05, 0) is 49.9 Å². The molecule has 2 amide bonds. The molecular weight excluding hydrogens is 408 g/mol. The number of likely N-dealkylation sites (tertiary alicyclic amines) is 1. The quantitative estimate of drug-likeness (QED) is 0.658. The molecule has 0 radical (unpaired) electrons. The van der Waals surface area contributed by atoms with Crippen LogP contribution in [0.3, 0.4) is 0 Å². The van der Waals surface area contributed by atoms with E-state index in [9.17, 15) is 18.4 Å². The lowest BCUT2D eigenvalue weighted by atomic mass is 9.95. The largest absolute Gasteiger partial charge is 0.339 e. The fourth-order valence-corrected chi connectivity index (χ4v) is 4.71. The number of anilines is 1. The highest BCUT2D eigenvalue weighted by Gasteiger charge is 2.29. The molecule has 3 aromatic rings. The lowest BCUT2D eigenvalue weighted by molar-refractivity contribution is -0.121. The summed E-state index contributed by atoms with van der Waals surface area (Å²) in [7, 11) is 0. The average molecular weight is 429 g/mol. The molecule has 156 valence electrons. The Morgan fingerprint density at radius 1 is 1.10 bits per heavy atom. The molecule has 1 aliphatic heterocycles. The van der Waals surface area contributed by atoms with Crippen molar-refractivity contribution >= 4 is 38.5 Å². The Hall–Kier alpha value is -2.87. The summed E-state index contributed by atoms with van der Waals surface area (Å²) in [6.07, 6.45) is 0.951. The molecule has 4 rings (SSSR count). The predicted octanol–water partition coefficient (Wildman–Crippen LogP) is 4.68. The zero-order chi connectivity index (χ0) is 21.4. The molecule has 30 heavy (non-hydrogen) atoms. The summed E-state index contributed by atoms with van der Waals surface area (Å²) in [5, 5.41) is 3.48. The van der Waals surface area contributed by atoms with Gasteiger partial charge in [-0.25, -0.2) is 13.8 Å². The third-order valence-corrected chi connectivity index (χ3v) is 6.59. The number of benzene rings is 2. The predicted molar refractivity (Wildman–Crippen MR) is 113 cm³/mol. The number of hydrogen-bond acceptors (Lipinski definition) is 4. The molecule has 0 atom stereocenters. The van der Waals surface area contributed by atoms with Gasteiger partial charge in [0.2, 0.25) is 5.91 Å². The molecule has 1 fully saturated rings. The number of piperidine rings is 1. The summed E-state index contributed by atoms with van der Waals surface area (Å²) < 4.78 is 28.0. The van der Waals surface area contributed by atoms with Crippen LogP contribution in [0.5, 0.6) is 0 Å². The molecule has 1 N–H and O–H groups in total. The van der Waals surface area contributed by atoms with Gasteiger partial charge in [0.1, 0.15) is 11.6 Å². The second-order valence-electron chi connectivity index (χ2n) is 7.58. The van der Waals surface area contributed by atoms with E-state index in [4.69, 9.17) is 0 Å². The lowest BCUT2D eigenvalue weighted by Crippen LogP contribution is -2.41. The summed E-state index contributed by atoms with van der Waals surface area (Å²) in [6.45, 7) is 4.68. The molecule has 0 unspecified atom stereocenters. The van der Waals surface area contributed by atoms with Gasteiger partial charge in [0.05, 0.1) is 15.8 Å². The molecule has 1 aliphatic rings. The van der Waals surface area contributed by atoms with E-state index in [-0.39, 0.29) is 17.4 Å². The van der Waals surface area contributed by atoms with E-state index in [0.717, 1.165) is 33.5 Å². The van der Waals surface area contributed by atoms with Crippen molar-refractivity contribution in [2.75, 3.05) is 18.4 Å². The molecule has 0 saturated carbocycles. The number of thiazole rings is 1. The van der Waals surface area contributed by atoms with Crippen molar-refractivity contribution in [1.29, 1.82) is 0 Å². The fourth-order valence-electron chi connectivity index (χ4n) is 3.70. The summed E-state index contributed by atoms with van der Waals surface area (Å²) in [4.78, 5) is 31.3. The Morgan fingerprint density at radius 2 is 1.80 bits per heavy atom. The van der Waals surface area contributed by atoms with Crippen molar-refractivity contribution in [3.63, 3.8) is 0 Å². The van der Waals surface area contributed by atoms with Crippen LogP contribution in [-0.2, 0) is 4.79 Å². The number of aryl methyl sites for hydroxylation is 2. The van der Waals surface area contributed by atoms with Crippen molar-refractivity contribution in [3.8, 4) is 0 Å². The maximum absolute atomic E-state index is 13.9. The van der Waals surface area contributed by atoms with E-state index < -0.39 is 17.5 Å². The molecule has 0 bridgehead atoms. The van der Waals surface area contributed by atoms with Crippen LogP contribution in [0, 0.1) is 31.4 Å². The Labute approximate surface area is 176 Å². The maximum Gasteiger partial charge on any atom is 0.256 e. The van der Waals surface area contributed by atoms with E-state index in [1.54, 1.807) is 0 Å². The minimum atomic E-state index is -0.874. The van der Waals surface area contributed by atoms with Crippen LogP contribution in [0.15, 0.2) is 30.3 Å². The van der Waals surface area contributed by atoms with Gasteiger partial charge in [0, 0.05) is 25.1 Å². The Balaban J connectivity index is 1.39. The highest BCUT2D eigenvalue weighted by Crippen LogP contribution is 2.31. The minimum absolute atomic E-state index is 0.121. The molecule has 2 aromatic carbocycles. The number of halogens is 2. The second-order valence-corrected chi connectivity index (χ2v) is 8.58. The van der Waals surface area contributed by atoms with E-state index in [2.05, 4.69) is 10.3 Å². The van der Waals surface area contributed by atoms with E-state index in [1.807, 2.05) is 26.0 Å². The van der Waals surface area contributed by atoms with Gasteiger partial charge >= 0.3 is 0 Å². The smallest absolute Gasteiger partial charge is 0.256 e. The van der Waals surface area contributed by atoms with Gasteiger partial charge < -0.3 is 10.2 Å². The monoisotopic (exact) mass is 429 g/mol. The van der Waals surface area contributed by atoms with Crippen molar-refractivity contribution in [3.05, 3.63) is 58.7 Å². The maximum atomic E-state index is 13.9. The first-order valence-corrected chi connectivity index (χ1v) is 10.6. The van der Waals surface area contributed by atoms with Crippen LogP contribution in [0.25, 0.3) is 10.2 Å². The van der Waals surface area contributed by atoms with Crippen LogP contribution >= 0.6 is 11.3 Å². The fraction of sp³-hybridized carbons (Fsp3) is 0.318. The van der Waals surface area contributed by atoms with E-state index in [0.29, 0.717) is 37.1 Å². The zero-order valence-electron chi connectivity index (χ0n) is 16.7. The van der Waals surface area contributed by atoms with Crippen molar-refractivity contribution in [2.45, 2.75) is 26.7 Å². The molecule has 8 heteroatoms. The number of nitrogens with zero attached hydrogens (tertiary/aromatic N) is 2. The van der Waals surface area contributed by atoms with Crippen LogP contribution in [0.2, 0.25) is 0 Å². The summed E-state index contributed by atoms with van der Waals surface area (Å²) in [5.74, 6) is -2.45. The number of amides is 2. The minimum Gasteiger partial charge on any atom is -0.339 e. The zero-order valence-corrected chi connectivity index (χ0v) is 17.5. The first-order chi connectivity index (χ1) is 14.3. The van der Waals surface area contributed by atoms with Crippen LogP contribution in [-0.4, -0.2) is 34.8 Å². The van der Waals surface area contributed by atoms with Crippen molar-refractivity contribution in [2.24, 2.45) is 5.92 Å². The summed E-state index contributed by atoms with van der Waals surface area (Å²) >= 11 is 1.46. The normalized spacial score (nSPS) is 14.9. The van der Waals surface area contributed by atoms with Gasteiger partial charge in [-0.3, -0.25) is 9.59 Å². The Bertz CT molecular complexity index is 1100.